The van der Waals surface area contributed by atoms with E-state index in [1.54, 1.807) is 0 Å². The Bertz CT molecular complexity index is 514. The maximum Gasteiger partial charge on any atom is 0.341 e. The van der Waals surface area contributed by atoms with Crippen molar-refractivity contribution in [3.63, 3.8) is 0 Å². The van der Waals surface area contributed by atoms with Gasteiger partial charge in [0.2, 0.25) is 0 Å². The number of phenols is 1. The number of hydrogen-bond acceptors (Lipinski definition) is 6. The minimum atomic E-state index is -0.985. The summed E-state index contributed by atoms with van der Waals surface area (Å²) in [5.41, 5.74) is 6.22. The third kappa shape index (κ3) is 3.61. The molecule has 0 aromatic heterocycles. The van der Waals surface area contributed by atoms with Gasteiger partial charge in [0.15, 0.2) is 0 Å². The Morgan fingerprint density at radius 2 is 2.00 bits per heavy atom. The number of aliphatic carboxylic acids is 1. The third-order valence-corrected chi connectivity index (χ3v) is 2.82. The molecule has 110 valence electrons. The van der Waals surface area contributed by atoms with Gasteiger partial charge in [-0.25, -0.2) is 4.79 Å². The molecule has 0 amide bonds. The Labute approximate surface area is 115 Å². The van der Waals surface area contributed by atoms with Crippen molar-refractivity contribution in [2.75, 3.05) is 14.2 Å². The van der Waals surface area contributed by atoms with Gasteiger partial charge in [-0.1, -0.05) is 0 Å². The molecule has 0 radical (unpaired) electrons. The van der Waals surface area contributed by atoms with Crippen molar-refractivity contribution in [2.45, 2.75) is 18.9 Å². The number of carboxylic acids is 1. The van der Waals surface area contributed by atoms with E-state index in [-0.39, 0.29) is 35.5 Å². The van der Waals surface area contributed by atoms with E-state index in [1.165, 1.54) is 26.4 Å². The Balaban J connectivity index is 3.13. The lowest BCUT2D eigenvalue weighted by Crippen LogP contribution is -2.14. The first kappa shape index (κ1) is 15.8. The van der Waals surface area contributed by atoms with Crippen molar-refractivity contribution < 1.29 is 29.3 Å². The van der Waals surface area contributed by atoms with Crippen LogP contribution in [0.3, 0.4) is 0 Å². The van der Waals surface area contributed by atoms with Crippen LogP contribution in [-0.4, -0.2) is 36.4 Å². The minimum absolute atomic E-state index is 0.119. The first-order valence-electron chi connectivity index (χ1n) is 5.87. The second-order valence-corrected chi connectivity index (χ2v) is 4.14. The highest BCUT2D eigenvalue weighted by Crippen LogP contribution is 2.33. The fourth-order valence-electron chi connectivity index (χ4n) is 1.76. The Hall–Kier alpha value is -2.28. The first-order valence-corrected chi connectivity index (χ1v) is 5.87. The van der Waals surface area contributed by atoms with Gasteiger partial charge in [-0.3, -0.25) is 4.79 Å². The maximum atomic E-state index is 11.6. The second kappa shape index (κ2) is 6.76. The van der Waals surface area contributed by atoms with Crippen LogP contribution in [-0.2, 0) is 9.53 Å². The molecule has 1 rings (SSSR count). The van der Waals surface area contributed by atoms with E-state index < -0.39 is 18.0 Å². The van der Waals surface area contributed by atoms with Crippen molar-refractivity contribution >= 4 is 11.9 Å². The summed E-state index contributed by atoms with van der Waals surface area (Å²) in [5.74, 6) is -1.62. The van der Waals surface area contributed by atoms with Gasteiger partial charge in [0.1, 0.15) is 17.1 Å². The molecule has 0 spiro atoms. The summed E-state index contributed by atoms with van der Waals surface area (Å²) in [4.78, 5) is 22.2. The van der Waals surface area contributed by atoms with Gasteiger partial charge in [-0.2, -0.15) is 0 Å². The summed E-state index contributed by atoms with van der Waals surface area (Å²) in [6.45, 7) is 0. The number of esters is 1. The fraction of sp³-hybridized carbons (Fsp3) is 0.385. The molecule has 0 bridgehead atoms. The number of ether oxygens (including phenoxy) is 2. The van der Waals surface area contributed by atoms with Crippen molar-refractivity contribution in [1.29, 1.82) is 0 Å². The van der Waals surface area contributed by atoms with E-state index in [2.05, 4.69) is 4.74 Å². The summed E-state index contributed by atoms with van der Waals surface area (Å²) in [5, 5.41) is 18.5. The quantitative estimate of drug-likeness (QED) is 0.667. The predicted molar refractivity (Wildman–Crippen MR) is 69.8 cm³/mol. The van der Waals surface area contributed by atoms with E-state index in [0.29, 0.717) is 0 Å². The fourth-order valence-corrected chi connectivity index (χ4v) is 1.76. The van der Waals surface area contributed by atoms with Crippen LogP contribution in [0.5, 0.6) is 11.5 Å². The molecule has 0 fully saturated rings. The summed E-state index contributed by atoms with van der Waals surface area (Å²) in [6.07, 6.45) is -0.00394. The molecule has 1 aromatic rings. The van der Waals surface area contributed by atoms with Crippen LogP contribution in [0.25, 0.3) is 0 Å². The minimum Gasteiger partial charge on any atom is -0.507 e. The molecule has 1 atom stereocenters. The highest BCUT2D eigenvalue weighted by molar-refractivity contribution is 5.93. The molecular weight excluding hydrogens is 266 g/mol. The van der Waals surface area contributed by atoms with Crippen molar-refractivity contribution in [2.24, 2.45) is 5.73 Å². The molecule has 0 saturated carbocycles. The lowest BCUT2D eigenvalue weighted by atomic mass is 9.99. The highest BCUT2D eigenvalue weighted by Gasteiger charge is 2.20. The topological polar surface area (TPSA) is 119 Å². The third-order valence-electron chi connectivity index (χ3n) is 2.82. The average Bonchev–Trinajstić information content (AvgIpc) is 2.43. The smallest absolute Gasteiger partial charge is 0.341 e. The van der Waals surface area contributed by atoms with Gasteiger partial charge in [0.25, 0.3) is 0 Å². The number of carbonyl (C=O) groups is 2. The normalized spacial score (nSPS) is 11.8. The molecule has 4 N–H and O–H groups in total. The number of nitrogens with two attached hydrogens (primary N) is 1. The first-order chi connectivity index (χ1) is 9.40. The number of hydrogen-bond donors (Lipinski definition) is 3. The average molecular weight is 283 g/mol. The van der Waals surface area contributed by atoms with Gasteiger partial charge in [0.05, 0.1) is 14.2 Å². The van der Waals surface area contributed by atoms with E-state index in [9.17, 15) is 14.7 Å². The lowest BCUT2D eigenvalue weighted by Gasteiger charge is -2.16. The zero-order valence-electron chi connectivity index (χ0n) is 11.3. The summed E-state index contributed by atoms with van der Waals surface area (Å²) in [6, 6.07) is 1.90. The molecule has 1 aromatic carbocycles. The number of carboxylic acid groups (broad SMARTS) is 1. The Morgan fingerprint density at radius 1 is 1.35 bits per heavy atom. The molecule has 0 saturated heterocycles. The number of carbonyl (C=O) groups excluding carboxylic acids is 1. The van der Waals surface area contributed by atoms with Gasteiger partial charge >= 0.3 is 11.9 Å². The van der Waals surface area contributed by atoms with Crippen molar-refractivity contribution in [3.05, 3.63) is 23.3 Å². The molecular formula is C13H17NO6. The second-order valence-electron chi connectivity index (χ2n) is 4.14. The van der Waals surface area contributed by atoms with Gasteiger partial charge < -0.3 is 25.4 Å². The van der Waals surface area contributed by atoms with E-state index in [0.717, 1.165) is 0 Å². The van der Waals surface area contributed by atoms with Crippen LogP contribution in [0.2, 0.25) is 0 Å². The van der Waals surface area contributed by atoms with Gasteiger partial charge in [0, 0.05) is 24.1 Å². The zero-order valence-corrected chi connectivity index (χ0v) is 11.3. The highest BCUT2D eigenvalue weighted by atomic mass is 16.5. The van der Waals surface area contributed by atoms with E-state index >= 15 is 0 Å². The molecule has 0 aliphatic rings. The SMILES string of the molecule is COC(=O)c1cc(C(N)CCC(=O)O)c(O)cc1OC. The zero-order chi connectivity index (χ0) is 15.3. The molecule has 7 heteroatoms. The van der Waals surface area contributed by atoms with Crippen LogP contribution in [0.4, 0.5) is 0 Å². The number of benzene rings is 1. The molecule has 0 aliphatic heterocycles. The standard InChI is InChI=1S/C13H17NO6/c1-19-11-6-10(15)7(5-8(11)13(18)20-2)9(14)3-4-12(16)17/h5-6,9,15H,3-4,14H2,1-2H3,(H,16,17). The Kier molecular flexibility index (Phi) is 5.33. The molecule has 1 unspecified atom stereocenters. The lowest BCUT2D eigenvalue weighted by molar-refractivity contribution is -0.137. The van der Waals surface area contributed by atoms with Crippen LogP contribution in [0.15, 0.2) is 12.1 Å². The van der Waals surface area contributed by atoms with E-state index in [4.69, 9.17) is 15.6 Å². The molecule has 0 heterocycles. The van der Waals surface area contributed by atoms with Crippen molar-refractivity contribution in [1.82, 2.24) is 0 Å². The summed E-state index contributed by atoms with van der Waals surface area (Å²) < 4.78 is 9.60. The van der Waals surface area contributed by atoms with Crippen LogP contribution in [0.1, 0.15) is 34.8 Å². The number of rotatable bonds is 6. The monoisotopic (exact) mass is 283 g/mol. The molecule has 20 heavy (non-hydrogen) atoms. The largest absolute Gasteiger partial charge is 0.507 e. The molecule has 0 aliphatic carbocycles. The van der Waals surface area contributed by atoms with E-state index in [1.807, 2.05) is 0 Å². The van der Waals surface area contributed by atoms with Crippen LogP contribution >= 0.6 is 0 Å². The Morgan fingerprint density at radius 3 is 2.50 bits per heavy atom. The van der Waals surface area contributed by atoms with Crippen LogP contribution in [0, 0.1) is 0 Å². The molecule has 7 nitrogen and oxygen atoms in total. The van der Waals surface area contributed by atoms with Crippen molar-refractivity contribution in [3.8, 4) is 11.5 Å². The maximum absolute atomic E-state index is 11.6. The summed E-state index contributed by atoms with van der Waals surface area (Å²) >= 11 is 0. The number of aromatic hydroxyl groups is 1. The van der Waals surface area contributed by atoms with Gasteiger partial charge in [-0.05, 0) is 12.5 Å². The van der Waals surface area contributed by atoms with Crippen LogP contribution < -0.4 is 10.5 Å². The summed E-state index contributed by atoms with van der Waals surface area (Å²) in [7, 11) is 2.57. The number of phenolic OH excluding ortho intramolecular Hbond substituents is 1. The predicted octanol–water partition coefficient (Wildman–Crippen LogP) is 1.05. The number of methoxy groups -OCH3 is 2. The van der Waals surface area contributed by atoms with Gasteiger partial charge in [-0.15, -0.1) is 0 Å².